The minimum absolute atomic E-state index is 0.0636. The van der Waals surface area contributed by atoms with Gasteiger partial charge in [-0.1, -0.05) is 41.3 Å². The number of anilines is 1. The number of nitrogens with zero attached hydrogens (tertiary/aromatic N) is 2. The first-order valence-electron chi connectivity index (χ1n) is 6.86. The van der Waals surface area contributed by atoms with Gasteiger partial charge in [-0.25, -0.2) is 0 Å². The van der Waals surface area contributed by atoms with Crippen molar-refractivity contribution in [1.82, 2.24) is 10.2 Å². The maximum Gasteiger partial charge on any atom is 0.416 e. The van der Waals surface area contributed by atoms with E-state index in [4.69, 9.17) is 0 Å². The molecule has 1 aliphatic carbocycles. The average molecular weight is 359 g/mol. The number of halogens is 3. The van der Waals surface area contributed by atoms with Crippen molar-refractivity contribution < 1.29 is 18.0 Å². The smallest absolute Gasteiger partial charge is 0.300 e. The van der Waals surface area contributed by atoms with Gasteiger partial charge in [-0.3, -0.25) is 4.79 Å². The third kappa shape index (κ3) is 4.23. The van der Waals surface area contributed by atoms with Crippen LogP contribution in [0, 0.1) is 5.92 Å². The zero-order chi connectivity index (χ0) is 16.4. The molecule has 0 unspecified atom stereocenters. The van der Waals surface area contributed by atoms with E-state index in [0.717, 1.165) is 18.9 Å². The van der Waals surface area contributed by atoms with Gasteiger partial charge in [0.1, 0.15) is 0 Å². The Morgan fingerprint density at radius 3 is 2.74 bits per heavy atom. The van der Waals surface area contributed by atoms with Crippen LogP contribution in [0.1, 0.15) is 24.0 Å². The molecule has 9 heteroatoms. The van der Waals surface area contributed by atoms with E-state index in [1.807, 2.05) is 0 Å². The maximum atomic E-state index is 12.9. The summed E-state index contributed by atoms with van der Waals surface area (Å²) in [5.41, 5.74) is -0.442. The Labute approximate surface area is 138 Å². The summed E-state index contributed by atoms with van der Waals surface area (Å²) >= 11 is 2.34. The van der Waals surface area contributed by atoms with Gasteiger partial charge in [0.2, 0.25) is 11.0 Å². The molecule has 3 rings (SSSR count). The van der Waals surface area contributed by atoms with Gasteiger partial charge in [-0.05, 0) is 24.5 Å². The number of nitrogens with one attached hydrogen (secondary N) is 1. The number of alkyl halides is 3. The van der Waals surface area contributed by atoms with Crippen molar-refractivity contribution in [3.8, 4) is 0 Å². The third-order valence-electron chi connectivity index (χ3n) is 3.26. The van der Waals surface area contributed by atoms with E-state index in [-0.39, 0.29) is 23.1 Å². The fourth-order valence-corrected chi connectivity index (χ4v) is 3.69. The van der Waals surface area contributed by atoms with Crippen LogP contribution in [0.25, 0.3) is 0 Å². The van der Waals surface area contributed by atoms with E-state index in [0.29, 0.717) is 9.47 Å². The first-order valence-corrected chi connectivity index (χ1v) is 8.66. The van der Waals surface area contributed by atoms with Crippen molar-refractivity contribution >= 4 is 34.1 Å². The molecule has 1 aromatic heterocycles. The lowest BCUT2D eigenvalue weighted by Gasteiger charge is -2.11. The van der Waals surface area contributed by atoms with Gasteiger partial charge in [0, 0.05) is 11.7 Å². The van der Waals surface area contributed by atoms with Gasteiger partial charge in [0.15, 0.2) is 4.34 Å². The van der Waals surface area contributed by atoms with Crippen molar-refractivity contribution in [2.75, 3.05) is 5.32 Å². The highest BCUT2D eigenvalue weighted by molar-refractivity contribution is 8.00. The van der Waals surface area contributed by atoms with Crippen LogP contribution >= 0.6 is 23.1 Å². The molecule has 1 saturated carbocycles. The van der Waals surface area contributed by atoms with E-state index in [9.17, 15) is 18.0 Å². The molecule has 23 heavy (non-hydrogen) atoms. The van der Waals surface area contributed by atoms with Crippen LogP contribution in [0.4, 0.5) is 18.3 Å². The summed E-state index contributed by atoms with van der Waals surface area (Å²) in [6, 6.07) is 5.46. The predicted molar refractivity (Wildman–Crippen MR) is 82.3 cm³/mol. The van der Waals surface area contributed by atoms with Crippen LogP contribution in [0.5, 0.6) is 0 Å². The Kier molecular flexibility index (Phi) is 4.58. The minimum Gasteiger partial charge on any atom is -0.300 e. The SMILES string of the molecule is O=C(Nc1nnc(SCc2ccccc2C(F)(F)F)s1)C1CC1. The van der Waals surface area contributed by atoms with Crippen LogP contribution in [0.2, 0.25) is 0 Å². The highest BCUT2D eigenvalue weighted by atomic mass is 32.2. The topological polar surface area (TPSA) is 54.9 Å². The molecule has 2 aromatic rings. The molecular formula is C14H12F3N3OS2. The van der Waals surface area contributed by atoms with Crippen molar-refractivity contribution in [3.63, 3.8) is 0 Å². The van der Waals surface area contributed by atoms with E-state index >= 15 is 0 Å². The Morgan fingerprint density at radius 2 is 2.04 bits per heavy atom. The molecule has 0 radical (unpaired) electrons. The molecule has 1 amide bonds. The number of benzene rings is 1. The summed E-state index contributed by atoms with van der Waals surface area (Å²) in [7, 11) is 0. The summed E-state index contributed by atoms with van der Waals surface area (Å²) in [5, 5.41) is 10.8. The van der Waals surface area contributed by atoms with Gasteiger partial charge in [0.05, 0.1) is 5.56 Å². The molecule has 1 heterocycles. The van der Waals surface area contributed by atoms with Crippen molar-refractivity contribution in [2.45, 2.75) is 29.1 Å². The quantitative estimate of drug-likeness (QED) is 0.642. The molecule has 0 bridgehead atoms. The maximum absolute atomic E-state index is 12.9. The fraction of sp³-hybridized carbons (Fsp3) is 0.357. The van der Waals surface area contributed by atoms with Crippen LogP contribution in [0.15, 0.2) is 28.6 Å². The minimum atomic E-state index is -4.37. The van der Waals surface area contributed by atoms with Crippen LogP contribution in [-0.4, -0.2) is 16.1 Å². The lowest BCUT2D eigenvalue weighted by molar-refractivity contribution is -0.138. The Hall–Kier alpha value is -1.61. The molecule has 1 aliphatic rings. The summed E-state index contributed by atoms with van der Waals surface area (Å²) in [5.74, 6) is 0.134. The zero-order valence-electron chi connectivity index (χ0n) is 11.8. The number of hydrogen-bond donors (Lipinski definition) is 1. The molecule has 1 N–H and O–H groups in total. The molecule has 122 valence electrons. The predicted octanol–water partition coefficient (Wildman–Crippen LogP) is 4.20. The second kappa shape index (κ2) is 6.48. The number of carbonyl (C=O) groups excluding carboxylic acids is 1. The first-order chi connectivity index (χ1) is 10.9. The molecule has 0 spiro atoms. The summed E-state index contributed by atoms with van der Waals surface area (Å²) < 4.78 is 39.3. The monoisotopic (exact) mass is 359 g/mol. The zero-order valence-corrected chi connectivity index (χ0v) is 13.4. The summed E-state index contributed by atoms with van der Waals surface area (Å²) in [6.45, 7) is 0. The number of rotatable bonds is 5. The standard InChI is InChI=1S/C14H12F3N3OS2/c15-14(16,17)10-4-2-1-3-9(10)7-22-13-20-19-12(23-13)18-11(21)8-5-6-8/h1-4,8H,5-7H2,(H,18,19,21). The molecule has 1 fully saturated rings. The molecular weight excluding hydrogens is 347 g/mol. The number of hydrogen-bond acceptors (Lipinski definition) is 5. The Morgan fingerprint density at radius 1 is 1.30 bits per heavy atom. The fourth-order valence-electron chi connectivity index (χ4n) is 1.93. The normalized spacial score (nSPS) is 14.7. The largest absolute Gasteiger partial charge is 0.416 e. The molecule has 0 aliphatic heterocycles. The van der Waals surface area contributed by atoms with Crippen LogP contribution in [-0.2, 0) is 16.7 Å². The van der Waals surface area contributed by atoms with E-state index in [1.54, 1.807) is 6.07 Å². The molecule has 4 nitrogen and oxygen atoms in total. The van der Waals surface area contributed by atoms with E-state index < -0.39 is 11.7 Å². The molecule has 1 aromatic carbocycles. The van der Waals surface area contributed by atoms with E-state index in [2.05, 4.69) is 15.5 Å². The molecule has 0 atom stereocenters. The van der Waals surface area contributed by atoms with Gasteiger partial charge in [-0.15, -0.1) is 10.2 Å². The molecule has 0 saturated heterocycles. The van der Waals surface area contributed by atoms with Crippen LogP contribution in [0.3, 0.4) is 0 Å². The van der Waals surface area contributed by atoms with Gasteiger partial charge in [-0.2, -0.15) is 13.2 Å². The highest BCUT2D eigenvalue weighted by Gasteiger charge is 2.33. The number of carbonyl (C=O) groups is 1. The average Bonchev–Trinajstić information content (AvgIpc) is 3.26. The first kappa shape index (κ1) is 16.3. The van der Waals surface area contributed by atoms with Crippen molar-refractivity contribution in [1.29, 1.82) is 0 Å². The number of thioether (sulfide) groups is 1. The van der Waals surface area contributed by atoms with Gasteiger partial charge >= 0.3 is 6.18 Å². The lowest BCUT2D eigenvalue weighted by Crippen LogP contribution is -2.12. The van der Waals surface area contributed by atoms with Gasteiger partial charge < -0.3 is 5.32 Å². The second-order valence-corrected chi connectivity index (χ2v) is 7.28. The second-order valence-electron chi connectivity index (χ2n) is 5.08. The number of aromatic nitrogens is 2. The van der Waals surface area contributed by atoms with Crippen LogP contribution < -0.4 is 5.32 Å². The lowest BCUT2D eigenvalue weighted by atomic mass is 10.1. The highest BCUT2D eigenvalue weighted by Crippen LogP contribution is 2.36. The number of amides is 1. The van der Waals surface area contributed by atoms with Crippen molar-refractivity contribution in [2.24, 2.45) is 5.92 Å². The summed E-state index contributed by atoms with van der Waals surface area (Å²) in [6.07, 6.45) is -2.59. The van der Waals surface area contributed by atoms with Gasteiger partial charge in [0.25, 0.3) is 0 Å². The summed E-state index contributed by atoms with van der Waals surface area (Å²) in [4.78, 5) is 11.6. The third-order valence-corrected chi connectivity index (χ3v) is 5.28. The van der Waals surface area contributed by atoms with Crippen molar-refractivity contribution in [3.05, 3.63) is 35.4 Å². The Bertz CT molecular complexity index is 713. The Balaban J connectivity index is 1.63. The van der Waals surface area contributed by atoms with E-state index in [1.165, 1.54) is 35.2 Å².